The molecule has 0 radical (unpaired) electrons. The van der Waals surface area contributed by atoms with Crippen molar-refractivity contribution in [1.29, 1.82) is 0 Å². The second-order valence-corrected chi connectivity index (χ2v) is 8.74. The highest BCUT2D eigenvalue weighted by Crippen LogP contribution is 2.41. The van der Waals surface area contributed by atoms with E-state index in [2.05, 4.69) is 38.9 Å². The number of ether oxygens (including phenoxy) is 2. The Kier molecular flexibility index (Phi) is 4.03. The fraction of sp³-hybridized carbons (Fsp3) is 0.476. The van der Waals surface area contributed by atoms with Crippen molar-refractivity contribution in [3.05, 3.63) is 30.3 Å². The summed E-state index contributed by atoms with van der Waals surface area (Å²) in [6, 6.07) is 5.06. The van der Waals surface area contributed by atoms with Crippen LogP contribution in [-0.4, -0.2) is 51.1 Å². The molecule has 3 aromatic rings. The van der Waals surface area contributed by atoms with Gasteiger partial charge in [-0.05, 0) is 39.7 Å². The van der Waals surface area contributed by atoms with E-state index in [9.17, 15) is 4.39 Å². The molecule has 8 heteroatoms. The second kappa shape index (κ2) is 6.38. The Balaban J connectivity index is 1.51. The molecule has 2 aliphatic rings. The lowest BCUT2D eigenvalue weighted by atomic mass is 10.1. The monoisotopic (exact) mass is 397 g/mol. The highest BCUT2D eigenvalue weighted by Gasteiger charge is 2.40. The number of aromatic nitrogens is 4. The fourth-order valence-electron chi connectivity index (χ4n) is 3.70. The molecule has 1 N–H and O–H groups in total. The number of hydrogen-bond acceptors (Lipinski definition) is 6. The van der Waals surface area contributed by atoms with Crippen LogP contribution in [0.1, 0.15) is 33.6 Å². The second-order valence-electron chi connectivity index (χ2n) is 8.74. The average molecular weight is 397 g/mol. The van der Waals surface area contributed by atoms with E-state index in [0.29, 0.717) is 23.5 Å². The minimum Gasteiger partial charge on any atom is -0.484 e. The van der Waals surface area contributed by atoms with Crippen molar-refractivity contribution in [1.82, 2.24) is 20.2 Å². The van der Waals surface area contributed by atoms with E-state index >= 15 is 0 Å². The van der Waals surface area contributed by atoms with Crippen LogP contribution < -0.4 is 9.64 Å². The molecule has 152 valence electrons. The molecule has 1 aromatic carbocycles. The lowest BCUT2D eigenvalue weighted by Crippen LogP contribution is -2.48. The minimum absolute atomic E-state index is 0.231. The number of benzene rings is 1. The highest BCUT2D eigenvalue weighted by molar-refractivity contribution is 5.93. The van der Waals surface area contributed by atoms with Crippen LogP contribution in [0.2, 0.25) is 0 Å². The van der Waals surface area contributed by atoms with Gasteiger partial charge in [0.25, 0.3) is 0 Å². The van der Waals surface area contributed by atoms with Gasteiger partial charge in [-0.2, -0.15) is 5.10 Å². The zero-order valence-corrected chi connectivity index (χ0v) is 16.8. The summed E-state index contributed by atoms with van der Waals surface area (Å²) < 4.78 is 26.1. The third-order valence-corrected chi connectivity index (χ3v) is 5.57. The van der Waals surface area contributed by atoms with Gasteiger partial charge in [-0.1, -0.05) is 0 Å². The normalized spacial score (nSPS) is 20.1. The van der Waals surface area contributed by atoms with Crippen molar-refractivity contribution >= 4 is 16.7 Å². The van der Waals surface area contributed by atoms with Gasteiger partial charge in [0.2, 0.25) is 0 Å². The van der Waals surface area contributed by atoms with Crippen molar-refractivity contribution in [2.24, 2.45) is 0 Å². The Morgan fingerprint density at radius 2 is 2.00 bits per heavy atom. The quantitative estimate of drug-likeness (QED) is 0.723. The Labute approximate surface area is 168 Å². The van der Waals surface area contributed by atoms with Gasteiger partial charge < -0.3 is 14.4 Å². The number of morpholine rings is 1. The van der Waals surface area contributed by atoms with Crippen LogP contribution in [-0.2, 0) is 4.74 Å². The Hall–Kier alpha value is -2.74. The van der Waals surface area contributed by atoms with Crippen molar-refractivity contribution in [2.45, 2.75) is 44.8 Å². The van der Waals surface area contributed by atoms with Gasteiger partial charge in [-0.15, -0.1) is 0 Å². The molecule has 29 heavy (non-hydrogen) atoms. The molecule has 0 atom stereocenters. The third-order valence-electron chi connectivity index (χ3n) is 5.57. The molecule has 5 rings (SSSR count). The predicted octanol–water partition coefficient (Wildman–Crippen LogP) is 3.71. The summed E-state index contributed by atoms with van der Waals surface area (Å²) in [5.74, 6) is 0.690. The molecule has 0 bridgehead atoms. The standard InChI is InChI=1S/C21H24FN5O2/c1-20(2)11-27(6-7-28-20)18-10-16(23-12-24-18)19-13-8-17(29-21(3)4-5-21)14(22)9-15(13)25-26-19/h8-10,12H,4-7,11H2,1-3H3,(H,25,26). The van der Waals surface area contributed by atoms with Crippen molar-refractivity contribution in [3.8, 4) is 17.1 Å². The van der Waals surface area contributed by atoms with Crippen LogP contribution in [0.25, 0.3) is 22.3 Å². The van der Waals surface area contributed by atoms with E-state index in [1.165, 1.54) is 6.07 Å². The number of nitrogens with zero attached hydrogens (tertiary/aromatic N) is 4. The summed E-state index contributed by atoms with van der Waals surface area (Å²) in [7, 11) is 0. The topological polar surface area (TPSA) is 76.2 Å². The zero-order chi connectivity index (χ0) is 20.2. The molecule has 1 saturated heterocycles. The van der Waals surface area contributed by atoms with Gasteiger partial charge in [0.15, 0.2) is 11.6 Å². The van der Waals surface area contributed by atoms with Gasteiger partial charge in [-0.3, -0.25) is 5.10 Å². The number of hydrogen-bond donors (Lipinski definition) is 1. The Bertz CT molecular complexity index is 1080. The fourth-order valence-corrected chi connectivity index (χ4v) is 3.70. The van der Waals surface area contributed by atoms with Crippen LogP contribution in [0.15, 0.2) is 24.5 Å². The smallest absolute Gasteiger partial charge is 0.167 e. The lowest BCUT2D eigenvalue weighted by molar-refractivity contribution is -0.0279. The summed E-state index contributed by atoms with van der Waals surface area (Å²) in [4.78, 5) is 11.0. The molecule has 0 spiro atoms. The van der Waals surface area contributed by atoms with Crippen LogP contribution in [0.4, 0.5) is 10.2 Å². The van der Waals surface area contributed by atoms with Crippen molar-refractivity contribution in [3.63, 3.8) is 0 Å². The van der Waals surface area contributed by atoms with E-state index in [4.69, 9.17) is 9.47 Å². The summed E-state index contributed by atoms with van der Waals surface area (Å²) in [6.45, 7) is 8.29. The van der Waals surface area contributed by atoms with E-state index in [-0.39, 0.29) is 22.8 Å². The van der Waals surface area contributed by atoms with Crippen LogP contribution in [0.3, 0.4) is 0 Å². The number of fused-ring (bicyclic) bond motifs is 1. The summed E-state index contributed by atoms with van der Waals surface area (Å²) in [6.07, 6.45) is 3.42. The number of anilines is 1. The average Bonchev–Trinajstić information content (AvgIpc) is 3.27. The molecule has 7 nitrogen and oxygen atoms in total. The Morgan fingerprint density at radius 3 is 2.76 bits per heavy atom. The number of H-pyrrole nitrogens is 1. The van der Waals surface area contributed by atoms with E-state index in [1.807, 2.05) is 13.0 Å². The first-order valence-electron chi connectivity index (χ1n) is 9.90. The van der Waals surface area contributed by atoms with Gasteiger partial charge >= 0.3 is 0 Å². The maximum atomic E-state index is 14.5. The molecule has 1 saturated carbocycles. The number of halogens is 1. The van der Waals surface area contributed by atoms with Crippen LogP contribution in [0.5, 0.6) is 5.75 Å². The molecular formula is C21H24FN5O2. The third kappa shape index (κ3) is 3.53. The molecule has 0 amide bonds. The molecular weight excluding hydrogens is 373 g/mol. The predicted molar refractivity (Wildman–Crippen MR) is 108 cm³/mol. The molecule has 1 aliphatic heterocycles. The Morgan fingerprint density at radius 1 is 1.17 bits per heavy atom. The lowest BCUT2D eigenvalue weighted by Gasteiger charge is -2.38. The number of rotatable bonds is 4. The number of nitrogens with one attached hydrogen (secondary N) is 1. The first-order valence-corrected chi connectivity index (χ1v) is 9.90. The van der Waals surface area contributed by atoms with E-state index < -0.39 is 0 Å². The molecule has 2 fully saturated rings. The van der Waals surface area contributed by atoms with Gasteiger partial charge in [0.1, 0.15) is 23.4 Å². The van der Waals surface area contributed by atoms with Crippen LogP contribution in [0, 0.1) is 5.82 Å². The number of aromatic amines is 1. The first kappa shape index (κ1) is 18.3. The summed E-state index contributed by atoms with van der Waals surface area (Å²) >= 11 is 0. The summed E-state index contributed by atoms with van der Waals surface area (Å²) in [5, 5.41) is 8.08. The molecule has 1 aliphatic carbocycles. The maximum absolute atomic E-state index is 14.5. The molecule has 3 heterocycles. The maximum Gasteiger partial charge on any atom is 0.167 e. The largest absolute Gasteiger partial charge is 0.484 e. The van der Waals surface area contributed by atoms with E-state index in [1.54, 1.807) is 12.4 Å². The molecule has 0 unspecified atom stereocenters. The van der Waals surface area contributed by atoms with Crippen molar-refractivity contribution < 1.29 is 13.9 Å². The van der Waals surface area contributed by atoms with Gasteiger partial charge in [0.05, 0.1) is 23.4 Å². The summed E-state index contributed by atoms with van der Waals surface area (Å²) in [5.41, 5.74) is 1.45. The van der Waals surface area contributed by atoms with E-state index in [0.717, 1.165) is 37.1 Å². The zero-order valence-electron chi connectivity index (χ0n) is 16.8. The highest BCUT2D eigenvalue weighted by atomic mass is 19.1. The minimum atomic E-state index is -0.389. The van der Waals surface area contributed by atoms with Gasteiger partial charge in [-0.25, -0.2) is 14.4 Å². The first-order chi connectivity index (χ1) is 13.8. The van der Waals surface area contributed by atoms with Gasteiger partial charge in [0, 0.05) is 30.6 Å². The van der Waals surface area contributed by atoms with Crippen LogP contribution >= 0.6 is 0 Å². The molecule has 2 aromatic heterocycles. The SMILES string of the molecule is CC1(C)CN(c2cc(-c3n[nH]c4cc(F)c(OC5(C)CC5)cc34)ncn2)CCO1. The van der Waals surface area contributed by atoms with Crippen molar-refractivity contribution in [2.75, 3.05) is 24.6 Å².